The van der Waals surface area contributed by atoms with Gasteiger partial charge in [-0.05, 0) is 30.7 Å². The van der Waals surface area contributed by atoms with Crippen LogP contribution in [0.4, 0.5) is 14.5 Å². The molecule has 0 bridgehead atoms. The number of rotatable bonds is 4. The second-order valence-corrected chi connectivity index (χ2v) is 5.47. The summed E-state index contributed by atoms with van der Waals surface area (Å²) in [6.07, 6.45) is 1.89. The number of nitrogens with one attached hydrogen (secondary N) is 1. The first-order valence-corrected chi connectivity index (χ1v) is 7.50. The maximum atomic E-state index is 13.8. The summed E-state index contributed by atoms with van der Waals surface area (Å²) >= 11 is 0. The number of pyridine rings is 1. The van der Waals surface area contributed by atoms with E-state index in [4.69, 9.17) is 0 Å². The fraction of sp³-hybridized carbons (Fsp3) is 0.235. The fourth-order valence-corrected chi connectivity index (χ4v) is 2.67. The first-order valence-electron chi connectivity index (χ1n) is 7.50. The molecule has 0 aliphatic carbocycles. The molecule has 1 saturated heterocycles. The summed E-state index contributed by atoms with van der Waals surface area (Å²) < 4.78 is 26.8. The van der Waals surface area contributed by atoms with Crippen LogP contribution in [0.5, 0.6) is 0 Å². The second kappa shape index (κ2) is 6.74. The van der Waals surface area contributed by atoms with Crippen LogP contribution in [0.15, 0.2) is 42.6 Å². The van der Waals surface area contributed by atoms with Gasteiger partial charge in [-0.2, -0.15) is 0 Å². The van der Waals surface area contributed by atoms with Crippen molar-refractivity contribution in [2.45, 2.75) is 13.0 Å². The molecule has 1 aliphatic rings. The van der Waals surface area contributed by atoms with Crippen molar-refractivity contribution in [2.24, 2.45) is 5.92 Å². The Morgan fingerprint density at radius 3 is 2.83 bits per heavy atom. The molecule has 0 saturated carbocycles. The number of amides is 2. The number of hydrogen-bond donors (Lipinski definition) is 1. The van der Waals surface area contributed by atoms with Gasteiger partial charge in [-0.3, -0.25) is 14.6 Å². The van der Waals surface area contributed by atoms with Gasteiger partial charge in [-0.15, -0.1) is 0 Å². The molecule has 1 fully saturated rings. The van der Waals surface area contributed by atoms with Gasteiger partial charge in [0, 0.05) is 18.8 Å². The zero-order valence-electron chi connectivity index (χ0n) is 12.7. The Hall–Kier alpha value is -2.83. The van der Waals surface area contributed by atoms with E-state index in [1.807, 2.05) is 0 Å². The van der Waals surface area contributed by atoms with Crippen LogP contribution in [-0.2, 0) is 16.1 Å². The van der Waals surface area contributed by atoms with Crippen molar-refractivity contribution in [3.05, 3.63) is 59.9 Å². The highest BCUT2D eigenvalue weighted by Gasteiger charge is 2.38. The van der Waals surface area contributed by atoms with E-state index >= 15 is 0 Å². The zero-order valence-corrected chi connectivity index (χ0v) is 12.7. The minimum atomic E-state index is -0.877. The number of halogens is 2. The van der Waals surface area contributed by atoms with Crippen molar-refractivity contribution in [3.8, 4) is 0 Å². The van der Waals surface area contributed by atoms with Crippen molar-refractivity contribution >= 4 is 17.5 Å². The molecule has 1 N–H and O–H groups in total. The quantitative estimate of drug-likeness (QED) is 0.872. The largest absolute Gasteiger partial charge is 0.350 e. The van der Waals surface area contributed by atoms with E-state index in [1.54, 1.807) is 24.4 Å². The van der Waals surface area contributed by atoms with E-state index < -0.39 is 29.4 Å². The molecule has 2 amide bonds. The van der Waals surface area contributed by atoms with Crippen molar-refractivity contribution < 1.29 is 18.4 Å². The third kappa shape index (κ3) is 3.24. The van der Waals surface area contributed by atoms with Crippen LogP contribution in [0.2, 0.25) is 0 Å². The van der Waals surface area contributed by atoms with Crippen LogP contribution in [0.3, 0.4) is 0 Å². The van der Waals surface area contributed by atoms with E-state index in [0.29, 0.717) is 5.69 Å². The monoisotopic (exact) mass is 331 g/mol. The van der Waals surface area contributed by atoms with Gasteiger partial charge >= 0.3 is 0 Å². The summed E-state index contributed by atoms with van der Waals surface area (Å²) in [5, 5.41) is 2.66. The standard InChI is InChI=1S/C17H15F2N3O2/c18-11-4-5-15(14(19)9-11)22-8-6-13(17(22)24)16(23)21-10-12-3-1-2-7-20-12/h1-5,7,9,13H,6,8,10H2,(H,21,23). The minimum absolute atomic E-state index is 0.0126. The fourth-order valence-electron chi connectivity index (χ4n) is 2.67. The molecule has 1 atom stereocenters. The van der Waals surface area contributed by atoms with Crippen LogP contribution in [0, 0.1) is 17.6 Å². The molecule has 1 aliphatic heterocycles. The van der Waals surface area contributed by atoms with Crippen LogP contribution in [-0.4, -0.2) is 23.3 Å². The summed E-state index contributed by atoms with van der Waals surface area (Å²) in [4.78, 5) is 29.9. The predicted molar refractivity (Wildman–Crippen MR) is 82.9 cm³/mol. The van der Waals surface area contributed by atoms with Crippen molar-refractivity contribution in [2.75, 3.05) is 11.4 Å². The normalized spacial score (nSPS) is 17.2. The molecule has 7 heteroatoms. The summed E-state index contributed by atoms with van der Waals surface area (Å²) in [5.74, 6) is -3.32. The summed E-state index contributed by atoms with van der Waals surface area (Å²) in [6, 6.07) is 8.33. The molecule has 1 unspecified atom stereocenters. The molecule has 1 aromatic carbocycles. The Bertz CT molecular complexity index is 768. The van der Waals surface area contributed by atoms with Crippen molar-refractivity contribution in [1.82, 2.24) is 10.3 Å². The van der Waals surface area contributed by atoms with E-state index in [2.05, 4.69) is 10.3 Å². The second-order valence-electron chi connectivity index (χ2n) is 5.47. The Labute approximate surface area is 137 Å². The third-order valence-electron chi connectivity index (χ3n) is 3.89. The van der Waals surface area contributed by atoms with Gasteiger partial charge in [-0.25, -0.2) is 8.78 Å². The molecule has 0 radical (unpaired) electrons. The van der Waals surface area contributed by atoms with E-state index in [-0.39, 0.29) is 25.2 Å². The molecular weight excluding hydrogens is 316 g/mol. The number of nitrogens with zero attached hydrogens (tertiary/aromatic N) is 2. The van der Waals surface area contributed by atoms with Gasteiger partial charge in [0.2, 0.25) is 11.8 Å². The number of hydrogen-bond acceptors (Lipinski definition) is 3. The molecule has 2 aromatic rings. The first-order chi connectivity index (χ1) is 11.6. The van der Waals surface area contributed by atoms with Crippen LogP contribution in [0.1, 0.15) is 12.1 Å². The number of carbonyl (C=O) groups is 2. The highest BCUT2D eigenvalue weighted by atomic mass is 19.1. The molecule has 124 valence electrons. The number of carbonyl (C=O) groups excluding carboxylic acids is 2. The van der Waals surface area contributed by atoms with Gasteiger partial charge in [-0.1, -0.05) is 6.07 Å². The lowest BCUT2D eigenvalue weighted by Gasteiger charge is -2.17. The molecular formula is C17H15F2N3O2. The average Bonchev–Trinajstić information content (AvgIpc) is 2.95. The lowest BCUT2D eigenvalue weighted by atomic mass is 10.1. The highest BCUT2D eigenvalue weighted by molar-refractivity contribution is 6.09. The Morgan fingerprint density at radius 2 is 2.12 bits per heavy atom. The van der Waals surface area contributed by atoms with Crippen LogP contribution >= 0.6 is 0 Å². The average molecular weight is 331 g/mol. The van der Waals surface area contributed by atoms with Gasteiger partial charge < -0.3 is 10.2 Å². The molecule has 0 spiro atoms. The SMILES string of the molecule is O=C(NCc1ccccn1)C1CCN(c2ccc(F)cc2F)C1=O. The minimum Gasteiger partial charge on any atom is -0.350 e. The predicted octanol–water partition coefficient (Wildman–Crippen LogP) is 2.03. The van der Waals surface area contributed by atoms with Crippen LogP contribution < -0.4 is 10.2 Å². The van der Waals surface area contributed by atoms with Crippen molar-refractivity contribution in [3.63, 3.8) is 0 Å². The van der Waals surface area contributed by atoms with Crippen LogP contribution in [0.25, 0.3) is 0 Å². The summed E-state index contributed by atoms with van der Waals surface area (Å²) in [6.45, 7) is 0.428. The zero-order chi connectivity index (χ0) is 17.1. The Morgan fingerprint density at radius 1 is 1.29 bits per heavy atom. The maximum Gasteiger partial charge on any atom is 0.239 e. The number of aromatic nitrogens is 1. The van der Waals surface area contributed by atoms with Gasteiger partial charge in [0.15, 0.2) is 0 Å². The molecule has 3 rings (SSSR count). The van der Waals surface area contributed by atoms with Crippen molar-refractivity contribution in [1.29, 1.82) is 0 Å². The third-order valence-corrected chi connectivity index (χ3v) is 3.89. The number of anilines is 1. The smallest absolute Gasteiger partial charge is 0.239 e. The maximum absolute atomic E-state index is 13.8. The molecule has 24 heavy (non-hydrogen) atoms. The van der Waals surface area contributed by atoms with E-state index in [1.165, 1.54) is 11.0 Å². The highest BCUT2D eigenvalue weighted by Crippen LogP contribution is 2.28. The van der Waals surface area contributed by atoms with E-state index in [0.717, 1.165) is 12.1 Å². The lowest BCUT2D eigenvalue weighted by Crippen LogP contribution is -2.37. The summed E-state index contributed by atoms with van der Waals surface area (Å²) in [7, 11) is 0. The molecule has 1 aromatic heterocycles. The molecule has 5 nitrogen and oxygen atoms in total. The van der Waals surface area contributed by atoms with E-state index in [9.17, 15) is 18.4 Å². The van der Waals surface area contributed by atoms with Gasteiger partial charge in [0.1, 0.15) is 17.6 Å². The van der Waals surface area contributed by atoms with Gasteiger partial charge in [0.05, 0.1) is 17.9 Å². The topological polar surface area (TPSA) is 62.3 Å². The lowest BCUT2D eigenvalue weighted by molar-refractivity contribution is -0.132. The Balaban J connectivity index is 1.66. The summed E-state index contributed by atoms with van der Waals surface area (Å²) in [5.41, 5.74) is 0.666. The Kier molecular flexibility index (Phi) is 4.50. The molecule has 2 heterocycles. The first kappa shape index (κ1) is 16.0. The number of benzene rings is 1. The van der Waals surface area contributed by atoms with Gasteiger partial charge in [0.25, 0.3) is 0 Å².